The first-order valence-electron chi connectivity index (χ1n) is 16.2. The molecular weight excluding hydrogens is 644 g/mol. The average molecular weight is 686 g/mol. The summed E-state index contributed by atoms with van der Waals surface area (Å²) in [5.74, 6) is -8.87. The van der Waals surface area contributed by atoms with Gasteiger partial charge in [0.1, 0.15) is 25.0 Å². The van der Waals surface area contributed by atoms with Gasteiger partial charge in [0.25, 0.3) is 0 Å². The van der Waals surface area contributed by atoms with Gasteiger partial charge in [0.2, 0.25) is 11.7 Å². The molecule has 0 radical (unpaired) electrons. The predicted octanol–water partition coefficient (Wildman–Crippen LogP) is 6.11. The normalized spacial score (nSPS) is 12.4. The van der Waals surface area contributed by atoms with Gasteiger partial charge in [-0.2, -0.15) is 8.78 Å². The van der Waals surface area contributed by atoms with Gasteiger partial charge >= 0.3 is 17.9 Å². The molecule has 4 rings (SSSR count). The number of ketones is 1. The number of benzene rings is 4. The fourth-order valence-electron chi connectivity index (χ4n) is 5.09. The van der Waals surface area contributed by atoms with Crippen molar-refractivity contribution in [3.8, 4) is 5.75 Å². The van der Waals surface area contributed by atoms with Crippen LogP contribution in [0.4, 0.5) is 13.6 Å². The smallest absolute Gasteiger partial charge is 0.408 e. The molecular formula is C39H41F2N3O6. The number of nitrogens with zero attached hydrogens (tertiary/aromatic N) is 1. The highest BCUT2D eigenvalue weighted by Gasteiger charge is 2.52. The van der Waals surface area contributed by atoms with Crippen LogP contribution in [0, 0.1) is 5.92 Å². The van der Waals surface area contributed by atoms with Crippen LogP contribution in [0.5, 0.6) is 5.75 Å². The van der Waals surface area contributed by atoms with Crippen molar-refractivity contribution in [2.45, 2.75) is 58.0 Å². The molecule has 0 heterocycles. The molecule has 2 N–H and O–H groups in total. The lowest BCUT2D eigenvalue weighted by molar-refractivity contribution is -0.167. The monoisotopic (exact) mass is 685 g/mol. The molecule has 0 aliphatic heterocycles. The van der Waals surface area contributed by atoms with E-state index in [2.05, 4.69) is 10.6 Å². The fourth-order valence-corrected chi connectivity index (χ4v) is 5.09. The molecule has 2 atom stereocenters. The summed E-state index contributed by atoms with van der Waals surface area (Å²) in [7, 11) is 1.18. The van der Waals surface area contributed by atoms with Crippen LogP contribution in [-0.4, -0.2) is 53.6 Å². The van der Waals surface area contributed by atoms with E-state index in [-0.39, 0.29) is 19.6 Å². The van der Waals surface area contributed by atoms with E-state index >= 15 is 8.78 Å². The van der Waals surface area contributed by atoms with Gasteiger partial charge in [0.05, 0.1) is 6.04 Å². The molecule has 0 spiro atoms. The van der Waals surface area contributed by atoms with Gasteiger partial charge in [0.15, 0.2) is 0 Å². The summed E-state index contributed by atoms with van der Waals surface area (Å²) in [6.45, 7) is 3.37. The molecule has 3 amide bonds. The van der Waals surface area contributed by atoms with Crippen LogP contribution in [-0.2, 0) is 45.3 Å². The van der Waals surface area contributed by atoms with Crippen LogP contribution in [0.15, 0.2) is 115 Å². The number of nitrogens with one attached hydrogen (secondary N) is 2. The summed E-state index contributed by atoms with van der Waals surface area (Å²) in [6, 6.07) is 30.3. The standard InChI is InChI=1S/C39H41F2N3O6/c1-27(2)34(43-38(48)50-26-31-17-11-6-12-18-31)36(46)42-33(23-28-19-21-32(22-20-28)49-25-30-15-9-5-10-16-30)35(45)39(40,41)37(47)44(3)24-29-13-7-4-8-14-29/h4-22,27,33-34H,23-26H2,1-3H3,(H,42,46)(H,43,48)/t33-,34-/m0/s1. The van der Waals surface area contributed by atoms with E-state index in [0.717, 1.165) is 16.0 Å². The maximum Gasteiger partial charge on any atom is 0.408 e. The van der Waals surface area contributed by atoms with E-state index in [4.69, 9.17) is 9.47 Å². The number of hydrogen-bond acceptors (Lipinski definition) is 6. The predicted molar refractivity (Wildman–Crippen MR) is 184 cm³/mol. The largest absolute Gasteiger partial charge is 0.489 e. The number of carbonyl (C=O) groups is 4. The molecule has 4 aromatic carbocycles. The summed E-state index contributed by atoms with van der Waals surface area (Å²) < 4.78 is 42.5. The zero-order valence-corrected chi connectivity index (χ0v) is 28.2. The van der Waals surface area contributed by atoms with Crippen molar-refractivity contribution in [1.82, 2.24) is 15.5 Å². The second kappa shape index (κ2) is 17.7. The van der Waals surface area contributed by atoms with Crippen molar-refractivity contribution in [3.63, 3.8) is 0 Å². The Morgan fingerprint density at radius 3 is 1.76 bits per heavy atom. The number of amides is 3. The number of halogens is 2. The third-order valence-electron chi connectivity index (χ3n) is 7.87. The maximum atomic E-state index is 15.7. The molecule has 0 bridgehead atoms. The Morgan fingerprint density at radius 2 is 1.22 bits per heavy atom. The number of Topliss-reactive ketones (excluding diaryl/α,β-unsaturated/α-hetero) is 1. The van der Waals surface area contributed by atoms with Crippen molar-refractivity contribution in [3.05, 3.63) is 138 Å². The second-order valence-electron chi connectivity index (χ2n) is 12.2. The maximum absolute atomic E-state index is 15.7. The van der Waals surface area contributed by atoms with Gasteiger partial charge < -0.3 is 25.0 Å². The van der Waals surface area contributed by atoms with Gasteiger partial charge in [-0.05, 0) is 40.3 Å². The average Bonchev–Trinajstić information content (AvgIpc) is 3.12. The van der Waals surface area contributed by atoms with Crippen molar-refractivity contribution >= 4 is 23.7 Å². The second-order valence-corrected chi connectivity index (χ2v) is 12.2. The van der Waals surface area contributed by atoms with Gasteiger partial charge in [-0.3, -0.25) is 14.4 Å². The molecule has 0 aliphatic carbocycles. The third kappa shape index (κ3) is 10.7. The van der Waals surface area contributed by atoms with E-state index in [9.17, 15) is 19.2 Å². The molecule has 4 aromatic rings. The number of alkyl halides is 2. The number of hydrogen-bond donors (Lipinski definition) is 2. The molecule has 0 aliphatic rings. The number of carbonyl (C=O) groups excluding carboxylic acids is 4. The molecule has 0 saturated heterocycles. The van der Waals surface area contributed by atoms with Gasteiger partial charge in [-0.1, -0.05) is 117 Å². The summed E-state index contributed by atoms with van der Waals surface area (Å²) >= 11 is 0. The van der Waals surface area contributed by atoms with Crippen LogP contribution >= 0.6 is 0 Å². The van der Waals surface area contributed by atoms with Crippen molar-refractivity contribution in [1.29, 1.82) is 0 Å². The van der Waals surface area contributed by atoms with Crippen LogP contribution in [0.2, 0.25) is 0 Å². The molecule has 0 aromatic heterocycles. The van der Waals surface area contributed by atoms with Crippen molar-refractivity contribution in [2.24, 2.45) is 5.92 Å². The first-order valence-corrected chi connectivity index (χ1v) is 16.2. The highest BCUT2D eigenvalue weighted by Crippen LogP contribution is 2.24. The molecule has 11 heteroatoms. The first-order chi connectivity index (χ1) is 23.9. The Balaban J connectivity index is 1.51. The Hall–Kier alpha value is -5.58. The van der Waals surface area contributed by atoms with Gasteiger partial charge in [0, 0.05) is 20.0 Å². The summed E-state index contributed by atoms with van der Waals surface area (Å²) in [5.41, 5.74) is 2.69. The van der Waals surface area contributed by atoms with Crippen LogP contribution < -0.4 is 15.4 Å². The molecule has 262 valence electrons. The van der Waals surface area contributed by atoms with Gasteiger partial charge in [-0.15, -0.1) is 0 Å². The lowest BCUT2D eigenvalue weighted by Crippen LogP contribution is -2.59. The molecule has 0 unspecified atom stereocenters. The quantitative estimate of drug-likeness (QED) is 0.138. The number of alkyl carbamates (subject to hydrolysis) is 1. The topological polar surface area (TPSA) is 114 Å². The summed E-state index contributed by atoms with van der Waals surface area (Å²) in [6.07, 6.45) is -1.27. The minimum atomic E-state index is -4.48. The molecule has 9 nitrogen and oxygen atoms in total. The highest BCUT2D eigenvalue weighted by molar-refractivity contribution is 6.10. The SMILES string of the molecule is CC(C)[C@H](NC(=O)OCc1ccccc1)C(=O)N[C@@H](Cc1ccc(OCc2ccccc2)cc1)C(=O)C(F)(F)C(=O)N(C)Cc1ccccc1. The first kappa shape index (κ1) is 37.2. The lowest BCUT2D eigenvalue weighted by atomic mass is 9.96. The zero-order chi connectivity index (χ0) is 36.1. The Morgan fingerprint density at radius 1 is 0.700 bits per heavy atom. The summed E-state index contributed by atoms with van der Waals surface area (Å²) in [5, 5.41) is 4.87. The molecule has 50 heavy (non-hydrogen) atoms. The Bertz CT molecular complexity index is 1700. The van der Waals surface area contributed by atoms with Gasteiger partial charge in [-0.25, -0.2) is 4.79 Å². The zero-order valence-electron chi connectivity index (χ0n) is 28.2. The number of ether oxygens (including phenoxy) is 2. The van der Waals surface area contributed by atoms with E-state index in [1.54, 1.807) is 92.7 Å². The van der Waals surface area contributed by atoms with Crippen molar-refractivity contribution in [2.75, 3.05) is 7.05 Å². The Kier molecular flexibility index (Phi) is 13.2. The molecule has 0 saturated carbocycles. The van der Waals surface area contributed by atoms with E-state index in [1.165, 1.54) is 7.05 Å². The van der Waals surface area contributed by atoms with Crippen LogP contribution in [0.1, 0.15) is 36.1 Å². The molecule has 0 fully saturated rings. The summed E-state index contributed by atoms with van der Waals surface area (Å²) in [4.78, 5) is 53.5. The van der Waals surface area contributed by atoms with Crippen LogP contribution in [0.3, 0.4) is 0 Å². The fraction of sp³-hybridized carbons (Fsp3) is 0.282. The van der Waals surface area contributed by atoms with Crippen molar-refractivity contribution < 1.29 is 37.4 Å². The Labute approximate surface area is 290 Å². The van der Waals surface area contributed by atoms with E-state index < -0.39 is 47.6 Å². The lowest BCUT2D eigenvalue weighted by Gasteiger charge is -2.28. The van der Waals surface area contributed by atoms with E-state index in [0.29, 0.717) is 23.5 Å². The highest BCUT2D eigenvalue weighted by atomic mass is 19.3. The number of rotatable bonds is 16. The third-order valence-corrected chi connectivity index (χ3v) is 7.87. The van der Waals surface area contributed by atoms with E-state index in [1.807, 2.05) is 36.4 Å². The van der Waals surface area contributed by atoms with Crippen LogP contribution in [0.25, 0.3) is 0 Å². The minimum absolute atomic E-state index is 0.0594. The minimum Gasteiger partial charge on any atom is -0.489 e.